The van der Waals surface area contributed by atoms with Crippen molar-refractivity contribution in [3.8, 4) is 11.5 Å². The number of ether oxygens (including phenoxy) is 2. The molecule has 1 aliphatic rings. The van der Waals surface area contributed by atoms with E-state index in [2.05, 4.69) is 0 Å². The normalized spacial score (nSPS) is 18.1. The standard InChI is InChI=1S/C13H18ClNO2/c1-16-9-7-10(12(17-2)11(14)8-9)13(15)5-3-4-6-13/h7-8H,3-6,15H2,1-2H3. The largest absolute Gasteiger partial charge is 0.497 e. The Kier molecular flexibility index (Phi) is 3.50. The first-order chi connectivity index (χ1) is 8.10. The fraction of sp³-hybridized carbons (Fsp3) is 0.538. The van der Waals surface area contributed by atoms with Crippen LogP contribution in [0.1, 0.15) is 31.2 Å². The van der Waals surface area contributed by atoms with E-state index >= 15 is 0 Å². The molecule has 1 fully saturated rings. The zero-order chi connectivity index (χ0) is 12.5. The summed E-state index contributed by atoms with van der Waals surface area (Å²) in [6.45, 7) is 0. The van der Waals surface area contributed by atoms with Gasteiger partial charge >= 0.3 is 0 Å². The van der Waals surface area contributed by atoms with Crippen molar-refractivity contribution < 1.29 is 9.47 Å². The first-order valence-corrected chi connectivity index (χ1v) is 6.19. The third-order valence-electron chi connectivity index (χ3n) is 3.49. The van der Waals surface area contributed by atoms with E-state index in [1.54, 1.807) is 20.3 Å². The van der Waals surface area contributed by atoms with Crippen molar-refractivity contribution in [2.45, 2.75) is 31.2 Å². The number of hydrogen-bond acceptors (Lipinski definition) is 3. The van der Waals surface area contributed by atoms with Crippen molar-refractivity contribution >= 4 is 11.6 Å². The molecule has 0 spiro atoms. The maximum Gasteiger partial charge on any atom is 0.142 e. The van der Waals surface area contributed by atoms with Crippen LogP contribution in [0.2, 0.25) is 5.02 Å². The summed E-state index contributed by atoms with van der Waals surface area (Å²) in [5.41, 5.74) is 7.09. The van der Waals surface area contributed by atoms with Crippen LogP contribution in [-0.4, -0.2) is 14.2 Å². The molecule has 0 bridgehead atoms. The zero-order valence-electron chi connectivity index (χ0n) is 10.3. The Bertz CT molecular complexity index is 414. The minimum absolute atomic E-state index is 0.330. The zero-order valence-corrected chi connectivity index (χ0v) is 11.0. The van der Waals surface area contributed by atoms with E-state index in [9.17, 15) is 0 Å². The molecule has 2 rings (SSSR count). The van der Waals surface area contributed by atoms with E-state index in [-0.39, 0.29) is 5.54 Å². The van der Waals surface area contributed by atoms with E-state index in [4.69, 9.17) is 26.8 Å². The van der Waals surface area contributed by atoms with Crippen molar-refractivity contribution in [1.29, 1.82) is 0 Å². The van der Waals surface area contributed by atoms with Crippen LogP contribution < -0.4 is 15.2 Å². The van der Waals surface area contributed by atoms with E-state index in [0.717, 1.165) is 37.0 Å². The van der Waals surface area contributed by atoms with Crippen LogP contribution in [0, 0.1) is 0 Å². The fourth-order valence-electron chi connectivity index (χ4n) is 2.54. The van der Waals surface area contributed by atoms with Gasteiger partial charge in [-0.2, -0.15) is 0 Å². The molecule has 94 valence electrons. The first kappa shape index (κ1) is 12.5. The van der Waals surface area contributed by atoms with E-state index in [1.807, 2.05) is 6.07 Å². The molecular formula is C13H18ClNO2. The van der Waals surface area contributed by atoms with Gasteiger partial charge < -0.3 is 15.2 Å². The third-order valence-corrected chi connectivity index (χ3v) is 3.77. The topological polar surface area (TPSA) is 44.5 Å². The predicted octanol–water partition coefficient (Wildman–Crippen LogP) is 3.09. The van der Waals surface area contributed by atoms with Crippen molar-refractivity contribution in [2.75, 3.05) is 14.2 Å². The minimum atomic E-state index is -0.330. The molecule has 0 radical (unpaired) electrons. The Hall–Kier alpha value is -0.930. The summed E-state index contributed by atoms with van der Waals surface area (Å²) in [5, 5.41) is 0.554. The lowest BCUT2D eigenvalue weighted by Gasteiger charge is -2.27. The Balaban J connectivity index is 2.53. The number of methoxy groups -OCH3 is 2. The molecule has 17 heavy (non-hydrogen) atoms. The number of benzene rings is 1. The highest BCUT2D eigenvalue weighted by molar-refractivity contribution is 6.32. The second kappa shape index (κ2) is 4.75. The van der Waals surface area contributed by atoms with Crippen molar-refractivity contribution in [3.63, 3.8) is 0 Å². The predicted molar refractivity (Wildman–Crippen MR) is 68.9 cm³/mol. The summed E-state index contributed by atoms with van der Waals surface area (Å²) in [6.07, 6.45) is 4.22. The smallest absolute Gasteiger partial charge is 0.142 e. The minimum Gasteiger partial charge on any atom is -0.497 e. The maximum atomic E-state index is 6.46. The van der Waals surface area contributed by atoms with Gasteiger partial charge in [-0.05, 0) is 18.9 Å². The van der Waals surface area contributed by atoms with Gasteiger partial charge in [0.05, 0.1) is 19.2 Å². The number of rotatable bonds is 3. The summed E-state index contributed by atoms with van der Waals surface area (Å²) in [4.78, 5) is 0. The van der Waals surface area contributed by atoms with Gasteiger partial charge in [-0.3, -0.25) is 0 Å². The third kappa shape index (κ3) is 2.22. The lowest BCUT2D eigenvalue weighted by Crippen LogP contribution is -2.33. The van der Waals surface area contributed by atoms with Gasteiger partial charge in [-0.25, -0.2) is 0 Å². The number of hydrogen-bond donors (Lipinski definition) is 1. The van der Waals surface area contributed by atoms with Crippen LogP contribution in [0.4, 0.5) is 0 Å². The first-order valence-electron chi connectivity index (χ1n) is 5.81. The molecule has 0 aromatic heterocycles. The quantitative estimate of drug-likeness (QED) is 0.903. The highest BCUT2D eigenvalue weighted by atomic mass is 35.5. The average Bonchev–Trinajstić information content (AvgIpc) is 2.76. The molecule has 2 N–H and O–H groups in total. The monoisotopic (exact) mass is 255 g/mol. The van der Waals surface area contributed by atoms with Crippen molar-refractivity contribution in [1.82, 2.24) is 0 Å². The molecule has 0 heterocycles. The maximum absolute atomic E-state index is 6.46. The van der Waals surface area contributed by atoms with Crippen LogP contribution >= 0.6 is 11.6 Å². The molecule has 4 heteroatoms. The summed E-state index contributed by atoms with van der Waals surface area (Å²) >= 11 is 6.19. The van der Waals surface area contributed by atoms with E-state index in [0.29, 0.717) is 10.8 Å². The van der Waals surface area contributed by atoms with Gasteiger partial charge in [0.15, 0.2) is 0 Å². The molecular weight excluding hydrogens is 238 g/mol. The SMILES string of the molecule is COc1cc(Cl)c(OC)c(C2(N)CCCC2)c1. The Labute approximate surface area is 107 Å². The van der Waals surface area contributed by atoms with Crippen LogP contribution in [0.15, 0.2) is 12.1 Å². The van der Waals surface area contributed by atoms with Crippen molar-refractivity contribution in [3.05, 3.63) is 22.7 Å². The molecule has 1 aromatic carbocycles. The molecule has 0 saturated heterocycles. The Morgan fingerprint density at radius 3 is 2.35 bits per heavy atom. The molecule has 1 aliphatic carbocycles. The second-order valence-electron chi connectivity index (χ2n) is 4.55. The van der Waals surface area contributed by atoms with Crippen LogP contribution in [0.5, 0.6) is 11.5 Å². The molecule has 1 aromatic rings. The second-order valence-corrected chi connectivity index (χ2v) is 4.96. The number of nitrogens with two attached hydrogens (primary N) is 1. The van der Waals surface area contributed by atoms with Crippen molar-refractivity contribution in [2.24, 2.45) is 5.73 Å². The molecule has 0 aliphatic heterocycles. The molecule has 0 amide bonds. The van der Waals surface area contributed by atoms with Crippen LogP contribution in [-0.2, 0) is 5.54 Å². The molecule has 0 atom stereocenters. The summed E-state index contributed by atoms with van der Waals surface area (Å²) in [6, 6.07) is 3.69. The summed E-state index contributed by atoms with van der Waals surface area (Å²) < 4.78 is 10.6. The van der Waals surface area contributed by atoms with E-state index in [1.165, 1.54) is 0 Å². The molecule has 0 unspecified atom stereocenters. The molecule has 1 saturated carbocycles. The van der Waals surface area contributed by atoms with Crippen LogP contribution in [0.3, 0.4) is 0 Å². The van der Waals surface area contributed by atoms with Gasteiger partial charge in [0.25, 0.3) is 0 Å². The van der Waals surface area contributed by atoms with Gasteiger partial charge in [-0.15, -0.1) is 0 Å². The fourth-order valence-corrected chi connectivity index (χ4v) is 2.83. The highest BCUT2D eigenvalue weighted by Gasteiger charge is 2.35. The number of halogens is 1. The van der Waals surface area contributed by atoms with E-state index < -0.39 is 0 Å². The van der Waals surface area contributed by atoms with Gasteiger partial charge in [-0.1, -0.05) is 24.4 Å². The Morgan fingerprint density at radius 2 is 1.82 bits per heavy atom. The van der Waals surface area contributed by atoms with Crippen LogP contribution in [0.25, 0.3) is 0 Å². The average molecular weight is 256 g/mol. The van der Waals surface area contributed by atoms with Gasteiger partial charge in [0, 0.05) is 17.2 Å². The highest BCUT2D eigenvalue weighted by Crippen LogP contribution is 2.44. The summed E-state index contributed by atoms with van der Waals surface area (Å²) in [5.74, 6) is 1.40. The Morgan fingerprint density at radius 1 is 1.18 bits per heavy atom. The van der Waals surface area contributed by atoms with Gasteiger partial charge in [0.1, 0.15) is 11.5 Å². The lowest BCUT2D eigenvalue weighted by molar-refractivity contribution is 0.372. The lowest BCUT2D eigenvalue weighted by atomic mass is 9.88. The molecule has 3 nitrogen and oxygen atoms in total. The van der Waals surface area contributed by atoms with Gasteiger partial charge in [0.2, 0.25) is 0 Å². The summed E-state index contributed by atoms with van der Waals surface area (Å²) in [7, 11) is 3.25.